The minimum Gasteiger partial charge on any atom is -0.248 e. The number of thioether (sulfide) groups is 1. The molecule has 68 valence electrons. The Morgan fingerprint density at radius 3 is 2.27 bits per heavy atom. The van der Waals surface area contributed by atoms with E-state index < -0.39 is 0 Å². The molecule has 1 nitrogen and oxygen atoms in total. The van der Waals surface area contributed by atoms with Crippen LogP contribution in [-0.2, 0) is 0 Å². The van der Waals surface area contributed by atoms with Crippen LogP contribution in [0.2, 0.25) is 0 Å². The van der Waals surface area contributed by atoms with E-state index in [2.05, 4.69) is 31.3 Å². The third-order valence-electron chi connectivity index (χ3n) is 1.43. The molecule has 0 N–H and O–H groups in total. The van der Waals surface area contributed by atoms with Crippen molar-refractivity contribution in [1.29, 1.82) is 0 Å². The molecule has 0 saturated heterocycles. The van der Waals surface area contributed by atoms with E-state index in [1.165, 1.54) is 11.5 Å². The lowest BCUT2D eigenvalue weighted by atomic mass is 10.4. The zero-order valence-electron chi connectivity index (χ0n) is 7.96. The Balaban J connectivity index is 3.36. The highest BCUT2D eigenvalue weighted by Crippen LogP contribution is 2.14. The monoisotopic (exact) mass is 193 g/mol. The molecule has 11 heavy (non-hydrogen) atoms. The lowest BCUT2D eigenvalue weighted by Crippen LogP contribution is -2.24. The van der Waals surface area contributed by atoms with Crippen molar-refractivity contribution in [3.05, 3.63) is 0 Å². The molecular weight excluding hydrogens is 174 g/mol. The smallest absolute Gasteiger partial charge is 0.0172 e. The molecule has 0 fully saturated rings. The van der Waals surface area contributed by atoms with Crippen molar-refractivity contribution in [2.45, 2.75) is 26.8 Å². The number of nitrogens with zero attached hydrogens (tertiary/aromatic N) is 1. The fraction of sp³-hybridized carbons (Fsp3) is 1.00. The topological polar surface area (TPSA) is 3.24 Å². The van der Waals surface area contributed by atoms with E-state index in [1.807, 2.05) is 23.7 Å². The summed E-state index contributed by atoms with van der Waals surface area (Å²) in [5, 5.41) is 0. The number of rotatable bonds is 6. The van der Waals surface area contributed by atoms with E-state index in [0.717, 1.165) is 6.54 Å². The van der Waals surface area contributed by atoms with Gasteiger partial charge >= 0.3 is 0 Å². The first-order chi connectivity index (χ1) is 5.22. The molecule has 0 aromatic heterocycles. The van der Waals surface area contributed by atoms with Gasteiger partial charge in [-0.15, -0.1) is 0 Å². The summed E-state index contributed by atoms with van der Waals surface area (Å²) in [6, 6.07) is 0.673. The summed E-state index contributed by atoms with van der Waals surface area (Å²) in [5.74, 6) is 2.50. The first kappa shape index (κ1) is 11.7. The highest BCUT2D eigenvalue weighted by molar-refractivity contribution is 8.01. The highest BCUT2D eigenvalue weighted by Gasteiger charge is 2.05. The molecule has 0 radical (unpaired) electrons. The van der Waals surface area contributed by atoms with Gasteiger partial charge in [0.2, 0.25) is 0 Å². The van der Waals surface area contributed by atoms with E-state index in [0.29, 0.717) is 6.04 Å². The van der Waals surface area contributed by atoms with Crippen LogP contribution >= 0.6 is 23.7 Å². The molecule has 0 atom stereocenters. The average molecular weight is 193 g/mol. The highest BCUT2D eigenvalue weighted by atomic mass is 32.2. The van der Waals surface area contributed by atoms with Crippen molar-refractivity contribution in [3.63, 3.8) is 0 Å². The van der Waals surface area contributed by atoms with Crippen LogP contribution in [0.15, 0.2) is 0 Å². The van der Waals surface area contributed by atoms with E-state index in [1.54, 1.807) is 0 Å². The molecule has 0 spiro atoms. The van der Waals surface area contributed by atoms with Crippen molar-refractivity contribution in [1.82, 2.24) is 4.31 Å². The minimum absolute atomic E-state index is 0.673. The second kappa shape index (κ2) is 7.32. The minimum atomic E-state index is 0.673. The van der Waals surface area contributed by atoms with Crippen molar-refractivity contribution >= 4 is 23.7 Å². The molecule has 0 unspecified atom stereocenters. The summed E-state index contributed by atoms with van der Waals surface area (Å²) in [6.45, 7) is 7.86. The SMILES string of the molecule is CCN(SCCSC)C(C)C. The Labute approximate surface area is 79.4 Å². The molecular formula is C8H19NS2. The Hall–Kier alpha value is 0.660. The fourth-order valence-electron chi connectivity index (χ4n) is 0.843. The first-order valence-corrected chi connectivity index (χ1v) is 6.44. The third kappa shape index (κ3) is 5.88. The van der Waals surface area contributed by atoms with Gasteiger partial charge in [-0.25, -0.2) is 4.31 Å². The second-order valence-electron chi connectivity index (χ2n) is 2.65. The van der Waals surface area contributed by atoms with Crippen molar-refractivity contribution in [2.24, 2.45) is 0 Å². The van der Waals surface area contributed by atoms with Gasteiger partial charge < -0.3 is 0 Å². The predicted octanol–water partition coefficient (Wildman–Crippen LogP) is 2.73. The Morgan fingerprint density at radius 1 is 1.27 bits per heavy atom. The van der Waals surface area contributed by atoms with Crippen LogP contribution in [0.4, 0.5) is 0 Å². The number of hydrogen-bond acceptors (Lipinski definition) is 3. The van der Waals surface area contributed by atoms with E-state index >= 15 is 0 Å². The van der Waals surface area contributed by atoms with Crippen LogP contribution in [0.3, 0.4) is 0 Å². The van der Waals surface area contributed by atoms with Gasteiger partial charge in [-0.2, -0.15) is 11.8 Å². The van der Waals surface area contributed by atoms with Crippen LogP contribution < -0.4 is 0 Å². The summed E-state index contributed by atoms with van der Waals surface area (Å²) in [5.41, 5.74) is 0. The molecule has 0 aliphatic rings. The second-order valence-corrected chi connectivity index (χ2v) is 4.77. The summed E-state index contributed by atoms with van der Waals surface area (Å²) in [4.78, 5) is 0. The van der Waals surface area contributed by atoms with Gasteiger partial charge in [0.1, 0.15) is 0 Å². The van der Waals surface area contributed by atoms with Gasteiger partial charge in [0.05, 0.1) is 0 Å². The zero-order valence-corrected chi connectivity index (χ0v) is 9.60. The molecule has 0 aliphatic heterocycles. The standard InChI is InChI=1S/C8H19NS2/c1-5-9(8(2)3)11-7-6-10-4/h8H,5-7H2,1-4H3. The maximum absolute atomic E-state index is 2.43. The summed E-state index contributed by atoms with van der Waals surface area (Å²) in [6.07, 6.45) is 2.16. The maximum atomic E-state index is 2.43. The third-order valence-corrected chi connectivity index (χ3v) is 3.70. The van der Waals surface area contributed by atoms with E-state index in [9.17, 15) is 0 Å². The van der Waals surface area contributed by atoms with Crippen LogP contribution in [0.25, 0.3) is 0 Å². The number of hydrogen-bond donors (Lipinski definition) is 0. The molecule has 0 bridgehead atoms. The Morgan fingerprint density at radius 2 is 1.91 bits per heavy atom. The summed E-state index contributed by atoms with van der Waals surface area (Å²) < 4.78 is 2.43. The molecule has 0 aliphatic carbocycles. The fourth-order valence-corrected chi connectivity index (χ4v) is 2.52. The molecule has 0 saturated carbocycles. The van der Waals surface area contributed by atoms with Gasteiger partial charge in [-0.1, -0.05) is 18.9 Å². The summed E-state index contributed by atoms with van der Waals surface area (Å²) >= 11 is 3.89. The average Bonchev–Trinajstić information content (AvgIpc) is 1.97. The Kier molecular flexibility index (Phi) is 7.76. The van der Waals surface area contributed by atoms with Crippen LogP contribution in [0, 0.1) is 0 Å². The summed E-state index contributed by atoms with van der Waals surface area (Å²) in [7, 11) is 0. The van der Waals surface area contributed by atoms with E-state index in [4.69, 9.17) is 0 Å². The van der Waals surface area contributed by atoms with E-state index in [-0.39, 0.29) is 0 Å². The van der Waals surface area contributed by atoms with Gasteiger partial charge in [-0.3, -0.25) is 0 Å². The lowest BCUT2D eigenvalue weighted by molar-refractivity contribution is 0.416. The van der Waals surface area contributed by atoms with Crippen LogP contribution in [0.5, 0.6) is 0 Å². The molecule has 0 aromatic rings. The molecule has 0 aromatic carbocycles. The van der Waals surface area contributed by atoms with Crippen LogP contribution in [-0.4, -0.2) is 34.7 Å². The molecule has 0 rings (SSSR count). The van der Waals surface area contributed by atoms with Crippen molar-refractivity contribution in [2.75, 3.05) is 24.3 Å². The molecule has 3 heteroatoms. The van der Waals surface area contributed by atoms with Crippen molar-refractivity contribution in [3.8, 4) is 0 Å². The normalized spacial score (nSPS) is 11.5. The van der Waals surface area contributed by atoms with Crippen LogP contribution in [0.1, 0.15) is 20.8 Å². The van der Waals surface area contributed by atoms with Gasteiger partial charge in [0, 0.05) is 24.1 Å². The Bertz CT molecular complexity index is 86.2. The first-order valence-electron chi connectivity index (χ1n) is 4.10. The lowest BCUT2D eigenvalue weighted by Gasteiger charge is -2.22. The largest absolute Gasteiger partial charge is 0.248 e. The maximum Gasteiger partial charge on any atom is 0.0172 e. The van der Waals surface area contributed by atoms with Gasteiger partial charge in [0.15, 0.2) is 0 Å². The molecule has 0 heterocycles. The quantitative estimate of drug-likeness (QED) is 0.472. The van der Waals surface area contributed by atoms with Crippen molar-refractivity contribution < 1.29 is 0 Å². The molecule has 0 amide bonds. The predicted molar refractivity (Wildman–Crippen MR) is 58.4 cm³/mol. The van der Waals surface area contributed by atoms with Gasteiger partial charge in [0.25, 0.3) is 0 Å². The van der Waals surface area contributed by atoms with Gasteiger partial charge in [-0.05, 0) is 20.1 Å². The zero-order chi connectivity index (χ0) is 8.69.